The number of phenols is 1. The molecule has 1 aromatic carbocycles. The van der Waals surface area contributed by atoms with Crippen molar-refractivity contribution >= 4 is 17.4 Å². The van der Waals surface area contributed by atoms with Crippen molar-refractivity contribution in [2.75, 3.05) is 0 Å². The molecule has 0 heterocycles. The molecule has 0 atom stereocenters. The van der Waals surface area contributed by atoms with Gasteiger partial charge in [0.05, 0.1) is 10.6 Å². The fourth-order valence-electron chi connectivity index (χ4n) is 0.950. The number of halogens is 2. The molecule has 2 nitrogen and oxygen atoms in total. The smallest absolute Gasteiger partial charge is 0.166 e. The maximum absolute atomic E-state index is 12.7. The SMILES string of the molecule is CCC(=O)c1cc(Cl)c(F)cc1O. The number of ketones is 1. The Balaban J connectivity index is 3.23. The fraction of sp³-hybridized carbons (Fsp3) is 0.222. The van der Waals surface area contributed by atoms with E-state index in [0.717, 1.165) is 12.1 Å². The lowest BCUT2D eigenvalue weighted by molar-refractivity contribution is 0.0985. The average Bonchev–Trinajstić information content (AvgIpc) is 2.10. The van der Waals surface area contributed by atoms with Gasteiger partial charge in [0.2, 0.25) is 0 Å². The molecule has 0 saturated carbocycles. The number of carbonyl (C=O) groups excluding carboxylic acids is 1. The normalized spacial score (nSPS) is 10.1. The summed E-state index contributed by atoms with van der Waals surface area (Å²) >= 11 is 5.45. The van der Waals surface area contributed by atoms with Crippen LogP contribution in [-0.2, 0) is 0 Å². The molecule has 13 heavy (non-hydrogen) atoms. The molecule has 4 heteroatoms. The van der Waals surface area contributed by atoms with Crippen LogP contribution in [0, 0.1) is 5.82 Å². The molecule has 0 aromatic heterocycles. The second-order valence-electron chi connectivity index (χ2n) is 2.56. The lowest BCUT2D eigenvalue weighted by Crippen LogP contribution is -1.97. The maximum atomic E-state index is 12.7. The highest BCUT2D eigenvalue weighted by Crippen LogP contribution is 2.25. The molecule has 1 N–H and O–H groups in total. The standard InChI is InChI=1S/C9H8ClFO2/c1-2-8(12)5-3-6(10)7(11)4-9(5)13/h3-4,13H,2H2,1H3. The lowest BCUT2D eigenvalue weighted by Gasteiger charge is -2.02. The first-order valence-electron chi connectivity index (χ1n) is 3.77. The number of carbonyl (C=O) groups is 1. The van der Waals surface area contributed by atoms with E-state index < -0.39 is 5.82 Å². The number of hydrogen-bond acceptors (Lipinski definition) is 2. The molecule has 0 spiro atoms. The van der Waals surface area contributed by atoms with Gasteiger partial charge in [-0.2, -0.15) is 0 Å². The Morgan fingerprint density at radius 3 is 2.77 bits per heavy atom. The minimum absolute atomic E-state index is 0.0638. The Morgan fingerprint density at radius 2 is 2.23 bits per heavy atom. The number of phenolic OH excluding ortho intramolecular Hbond substituents is 1. The van der Waals surface area contributed by atoms with Crippen molar-refractivity contribution < 1.29 is 14.3 Å². The van der Waals surface area contributed by atoms with E-state index in [-0.39, 0.29) is 28.5 Å². The minimum atomic E-state index is -0.730. The predicted molar refractivity (Wildman–Crippen MR) is 47.7 cm³/mol. The second kappa shape index (κ2) is 3.75. The van der Waals surface area contributed by atoms with E-state index in [1.807, 2.05) is 0 Å². The molecule has 1 rings (SSSR count). The van der Waals surface area contributed by atoms with Crippen LogP contribution in [0.1, 0.15) is 23.7 Å². The molecule has 0 aliphatic rings. The zero-order valence-electron chi connectivity index (χ0n) is 6.97. The van der Waals surface area contributed by atoms with E-state index >= 15 is 0 Å². The van der Waals surface area contributed by atoms with Gasteiger partial charge in [-0.25, -0.2) is 4.39 Å². The summed E-state index contributed by atoms with van der Waals surface area (Å²) in [5, 5.41) is 9.04. The zero-order chi connectivity index (χ0) is 10.0. The summed E-state index contributed by atoms with van der Waals surface area (Å²) in [7, 11) is 0. The quantitative estimate of drug-likeness (QED) is 0.749. The van der Waals surface area contributed by atoms with Crippen molar-refractivity contribution in [3.63, 3.8) is 0 Å². The monoisotopic (exact) mass is 202 g/mol. The van der Waals surface area contributed by atoms with Crippen LogP contribution < -0.4 is 0 Å². The van der Waals surface area contributed by atoms with Gasteiger partial charge >= 0.3 is 0 Å². The summed E-state index contributed by atoms with van der Waals surface area (Å²) in [4.78, 5) is 11.2. The number of benzene rings is 1. The summed E-state index contributed by atoms with van der Waals surface area (Å²) in [6, 6.07) is 1.98. The largest absolute Gasteiger partial charge is 0.507 e. The van der Waals surface area contributed by atoms with Crippen LogP contribution in [0.4, 0.5) is 4.39 Å². The lowest BCUT2D eigenvalue weighted by atomic mass is 10.1. The van der Waals surface area contributed by atoms with Gasteiger partial charge in [-0.3, -0.25) is 4.79 Å². The summed E-state index contributed by atoms with van der Waals surface area (Å²) in [6.45, 7) is 1.65. The maximum Gasteiger partial charge on any atom is 0.166 e. The third-order valence-corrected chi connectivity index (χ3v) is 1.95. The third-order valence-electron chi connectivity index (χ3n) is 1.66. The van der Waals surface area contributed by atoms with E-state index in [2.05, 4.69) is 0 Å². The number of aromatic hydroxyl groups is 1. The van der Waals surface area contributed by atoms with E-state index in [4.69, 9.17) is 11.6 Å². The molecule has 0 bridgehead atoms. The Labute approximate surface area is 80.0 Å². The van der Waals surface area contributed by atoms with Crippen LogP contribution >= 0.6 is 11.6 Å². The van der Waals surface area contributed by atoms with Gasteiger partial charge in [0.25, 0.3) is 0 Å². The molecular weight excluding hydrogens is 195 g/mol. The third kappa shape index (κ3) is 1.98. The summed E-state index contributed by atoms with van der Waals surface area (Å²) < 4.78 is 12.7. The van der Waals surface area contributed by atoms with E-state index in [9.17, 15) is 14.3 Å². The Hall–Kier alpha value is -1.09. The van der Waals surface area contributed by atoms with Gasteiger partial charge in [0, 0.05) is 12.5 Å². The zero-order valence-corrected chi connectivity index (χ0v) is 7.73. The highest BCUT2D eigenvalue weighted by atomic mass is 35.5. The summed E-state index contributed by atoms with van der Waals surface area (Å²) in [6.07, 6.45) is 0.246. The van der Waals surface area contributed by atoms with E-state index in [1.165, 1.54) is 0 Å². The van der Waals surface area contributed by atoms with Gasteiger partial charge in [0.1, 0.15) is 11.6 Å². The Kier molecular flexibility index (Phi) is 2.88. The van der Waals surface area contributed by atoms with Gasteiger partial charge in [-0.15, -0.1) is 0 Å². The van der Waals surface area contributed by atoms with Crippen molar-refractivity contribution in [1.29, 1.82) is 0 Å². The van der Waals surface area contributed by atoms with Crippen LogP contribution in [0.15, 0.2) is 12.1 Å². The first kappa shape index (κ1) is 9.99. The van der Waals surface area contributed by atoms with Gasteiger partial charge in [0.15, 0.2) is 5.78 Å². The summed E-state index contributed by atoms with van der Waals surface area (Å²) in [5.74, 6) is -1.36. The molecule has 0 amide bonds. The molecule has 70 valence electrons. The van der Waals surface area contributed by atoms with Crippen molar-refractivity contribution in [3.8, 4) is 5.75 Å². The van der Waals surface area contributed by atoms with Crippen molar-refractivity contribution in [3.05, 3.63) is 28.5 Å². The second-order valence-corrected chi connectivity index (χ2v) is 2.97. The number of Topliss-reactive ketones (excluding diaryl/α,β-unsaturated/α-hetero) is 1. The van der Waals surface area contributed by atoms with Gasteiger partial charge in [-0.1, -0.05) is 18.5 Å². The molecule has 0 aliphatic carbocycles. The van der Waals surface area contributed by atoms with Crippen molar-refractivity contribution in [1.82, 2.24) is 0 Å². The van der Waals surface area contributed by atoms with Crippen molar-refractivity contribution in [2.45, 2.75) is 13.3 Å². The fourth-order valence-corrected chi connectivity index (χ4v) is 1.11. The van der Waals surface area contributed by atoms with Crippen LogP contribution in [0.2, 0.25) is 5.02 Å². The molecular formula is C9H8ClFO2. The number of rotatable bonds is 2. The van der Waals surface area contributed by atoms with Crippen LogP contribution in [0.25, 0.3) is 0 Å². The van der Waals surface area contributed by atoms with Crippen LogP contribution in [0.5, 0.6) is 5.75 Å². The molecule has 0 fully saturated rings. The first-order valence-corrected chi connectivity index (χ1v) is 4.15. The topological polar surface area (TPSA) is 37.3 Å². The first-order chi connectivity index (χ1) is 6.06. The molecule has 0 radical (unpaired) electrons. The van der Waals surface area contributed by atoms with Gasteiger partial charge in [-0.05, 0) is 6.07 Å². The minimum Gasteiger partial charge on any atom is -0.507 e. The highest BCUT2D eigenvalue weighted by Gasteiger charge is 2.12. The molecule has 0 unspecified atom stereocenters. The van der Waals surface area contributed by atoms with Crippen molar-refractivity contribution in [2.24, 2.45) is 0 Å². The Bertz CT molecular complexity index is 350. The van der Waals surface area contributed by atoms with E-state index in [1.54, 1.807) is 6.92 Å². The molecule has 1 aromatic rings. The molecule has 0 aliphatic heterocycles. The predicted octanol–water partition coefficient (Wildman–Crippen LogP) is 2.78. The van der Waals surface area contributed by atoms with Gasteiger partial charge < -0.3 is 5.11 Å². The summed E-state index contributed by atoms with van der Waals surface area (Å²) in [5.41, 5.74) is 0.0638. The van der Waals surface area contributed by atoms with Crippen LogP contribution in [-0.4, -0.2) is 10.9 Å². The Morgan fingerprint density at radius 1 is 1.62 bits per heavy atom. The number of hydrogen-bond donors (Lipinski definition) is 1. The molecule has 0 saturated heterocycles. The highest BCUT2D eigenvalue weighted by molar-refractivity contribution is 6.31. The van der Waals surface area contributed by atoms with Crippen LogP contribution in [0.3, 0.4) is 0 Å². The van der Waals surface area contributed by atoms with E-state index in [0.29, 0.717) is 0 Å². The average molecular weight is 203 g/mol.